The molecule has 0 bridgehead atoms. The summed E-state index contributed by atoms with van der Waals surface area (Å²) in [6.45, 7) is 0. The standard InChI is InChI=1S/C16H12N2O5/c19-15(17-13-6-3-5-12(10-13)16(20)21)9-8-11-4-1-2-7-14(11)18(22)23/h1-10H,(H,17,19)(H,20,21)/b9-8+. The number of nitrogens with one attached hydrogen (secondary N) is 1. The van der Waals surface area contributed by atoms with Gasteiger partial charge in [-0.15, -0.1) is 0 Å². The second-order valence-electron chi connectivity index (χ2n) is 4.52. The Hall–Kier alpha value is -3.48. The number of aromatic carboxylic acids is 1. The zero-order chi connectivity index (χ0) is 16.8. The molecule has 0 saturated heterocycles. The normalized spacial score (nSPS) is 10.4. The molecule has 1 amide bonds. The molecule has 0 aliphatic heterocycles. The van der Waals surface area contributed by atoms with Gasteiger partial charge in [-0.2, -0.15) is 0 Å². The fourth-order valence-electron chi connectivity index (χ4n) is 1.87. The lowest BCUT2D eigenvalue weighted by Crippen LogP contribution is -2.08. The molecule has 0 aliphatic rings. The monoisotopic (exact) mass is 312 g/mol. The van der Waals surface area contributed by atoms with Crippen LogP contribution in [0.2, 0.25) is 0 Å². The molecule has 0 saturated carbocycles. The molecule has 23 heavy (non-hydrogen) atoms. The Balaban J connectivity index is 2.12. The first kappa shape index (κ1) is 15.9. The van der Waals surface area contributed by atoms with Crippen LogP contribution in [-0.2, 0) is 4.79 Å². The van der Waals surface area contributed by atoms with E-state index in [1.807, 2.05) is 0 Å². The van der Waals surface area contributed by atoms with Crippen molar-refractivity contribution in [3.8, 4) is 0 Å². The molecule has 0 heterocycles. The number of carboxylic acid groups (broad SMARTS) is 1. The first-order valence-electron chi connectivity index (χ1n) is 6.53. The van der Waals surface area contributed by atoms with Gasteiger partial charge < -0.3 is 10.4 Å². The Morgan fingerprint density at radius 2 is 1.87 bits per heavy atom. The third kappa shape index (κ3) is 4.24. The van der Waals surface area contributed by atoms with Gasteiger partial charge in [0.05, 0.1) is 16.1 Å². The van der Waals surface area contributed by atoms with Gasteiger partial charge in [0.15, 0.2) is 0 Å². The van der Waals surface area contributed by atoms with E-state index in [1.165, 1.54) is 42.5 Å². The number of para-hydroxylation sites is 1. The number of rotatable bonds is 5. The van der Waals surface area contributed by atoms with Crippen LogP contribution in [0.3, 0.4) is 0 Å². The number of nitrogens with zero attached hydrogens (tertiary/aromatic N) is 1. The predicted octanol–water partition coefficient (Wildman–Crippen LogP) is 2.94. The lowest BCUT2D eigenvalue weighted by atomic mass is 10.1. The first-order chi connectivity index (χ1) is 11.0. The predicted molar refractivity (Wildman–Crippen MR) is 84.2 cm³/mol. The molecule has 0 atom stereocenters. The maximum Gasteiger partial charge on any atom is 0.335 e. The maximum absolute atomic E-state index is 11.8. The van der Waals surface area contributed by atoms with Crippen molar-refractivity contribution in [3.05, 3.63) is 75.8 Å². The molecule has 2 aromatic rings. The molecule has 0 aromatic heterocycles. The highest BCUT2D eigenvalue weighted by atomic mass is 16.6. The zero-order valence-electron chi connectivity index (χ0n) is 11.8. The molecule has 7 nitrogen and oxygen atoms in total. The van der Waals surface area contributed by atoms with Gasteiger partial charge in [0, 0.05) is 17.8 Å². The van der Waals surface area contributed by atoms with E-state index in [0.29, 0.717) is 11.3 Å². The van der Waals surface area contributed by atoms with E-state index in [1.54, 1.807) is 12.1 Å². The van der Waals surface area contributed by atoms with Gasteiger partial charge in [0.25, 0.3) is 5.69 Å². The van der Waals surface area contributed by atoms with Crippen molar-refractivity contribution in [3.63, 3.8) is 0 Å². The molecule has 2 aromatic carbocycles. The number of carboxylic acids is 1. The largest absolute Gasteiger partial charge is 0.478 e. The van der Waals surface area contributed by atoms with Crippen molar-refractivity contribution < 1.29 is 19.6 Å². The van der Waals surface area contributed by atoms with E-state index < -0.39 is 16.8 Å². The summed E-state index contributed by atoms with van der Waals surface area (Å²) >= 11 is 0. The molecule has 0 aliphatic carbocycles. The van der Waals surface area contributed by atoms with Crippen molar-refractivity contribution in [1.82, 2.24) is 0 Å². The third-order valence-electron chi connectivity index (χ3n) is 2.92. The highest BCUT2D eigenvalue weighted by molar-refractivity contribution is 6.02. The Labute approximate surface area is 131 Å². The van der Waals surface area contributed by atoms with Gasteiger partial charge in [-0.05, 0) is 30.3 Å². The lowest BCUT2D eigenvalue weighted by Gasteiger charge is -2.03. The molecule has 116 valence electrons. The van der Waals surface area contributed by atoms with Crippen LogP contribution in [0.15, 0.2) is 54.6 Å². The van der Waals surface area contributed by atoms with Crippen LogP contribution >= 0.6 is 0 Å². The minimum Gasteiger partial charge on any atom is -0.478 e. The molecule has 0 fully saturated rings. The van der Waals surface area contributed by atoms with E-state index in [4.69, 9.17) is 5.11 Å². The number of hydrogen-bond donors (Lipinski definition) is 2. The number of benzene rings is 2. The summed E-state index contributed by atoms with van der Waals surface area (Å²) in [6.07, 6.45) is 2.48. The van der Waals surface area contributed by atoms with Gasteiger partial charge in [0.1, 0.15) is 0 Å². The van der Waals surface area contributed by atoms with E-state index in [9.17, 15) is 19.7 Å². The smallest absolute Gasteiger partial charge is 0.335 e. The van der Waals surface area contributed by atoms with Crippen LogP contribution in [0.25, 0.3) is 6.08 Å². The topological polar surface area (TPSA) is 110 Å². The molecule has 0 unspecified atom stereocenters. The summed E-state index contributed by atoms with van der Waals surface area (Å²) < 4.78 is 0. The minimum absolute atomic E-state index is 0.0467. The molecule has 2 rings (SSSR count). The fourth-order valence-corrected chi connectivity index (χ4v) is 1.87. The van der Waals surface area contributed by atoms with Crippen LogP contribution in [-0.4, -0.2) is 21.9 Å². The molecular weight excluding hydrogens is 300 g/mol. The third-order valence-corrected chi connectivity index (χ3v) is 2.92. The number of hydrogen-bond acceptors (Lipinski definition) is 4. The Kier molecular flexibility index (Phi) is 4.83. The van der Waals surface area contributed by atoms with Gasteiger partial charge in [0.2, 0.25) is 5.91 Å². The van der Waals surface area contributed by atoms with Crippen molar-refractivity contribution in [2.24, 2.45) is 0 Å². The molecule has 0 spiro atoms. The van der Waals surface area contributed by atoms with Crippen molar-refractivity contribution in [2.75, 3.05) is 5.32 Å². The van der Waals surface area contributed by atoms with E-state index in [0.717, 1.165) is 6.08 Å². The summed E-state index contributed by atoms with van der Waals surface area (Å²) in [5.41, 5.74) is 0.559. The quantitative estimate of drug-likeness (QED) is 0.501. The van der Waals surface area contributed by atoms with Gasteiger partial charge in [-0.1, -0.05) is 18.2 Å². The van der Waals surface area contributed by atoms with Crippen LogP contribution in [0, 0.1) is 10.1 Å². The van der Waals surface area contributed by atoms with E-state index >= 15 is 0 Å². The molecule has 2 N–H and O–H groups in total. The fraction of sp³-hybridized carbons (Fsp3) is 0. The summed E-state index contributed by atoms with van der Waals surface area (Å²) in [7, 11) is 0. The summed E-state index contributed by atoms with van der Waals surface area (Å²) in [4.78, 5) is 33.0. The Bertz CT molecular complexity index is 799. The lowest BCUT2D eigenvalue weighted by molar-refractivity contribution is -0.385. The van der Waals surface area contributed by atoms with Crippen molar-refractivity contribution in [1.29, 1.82) is 0 Å². The second kappa shape index (κ2) is 6.99. The Morgan fingerprint density at radius 3 is 2.57 bits per heavy atom. The van der Waals surface area contributed by atoms with Crippen LogP contribution in [0.5, 0.6) is 0 Å². The van der Waals surface area contributed by atoms with Crippen LogP contribution in [0.4, 0.5) is 11.4 Å². The number of amides is 1. The Morgan fingerprint density at radius 1 is 1.13 bits per heavy atom. The summed E-state index contributed by atoms with van der Waals surface area (Å²) in [5, 5.41) is 22.3. The SMILES string of the molecule is O=C(/C=C/c1ccccc1[N+](=O)[O-])Nc1cccc(C(=O)O)c1. The van der Waals surface area contributed by atoms with Crippen molar-refractivity contribution in [2.45, 2.75) is 0 Å². The number of carbonyl (C=O) groups is 2. The van der Waals surface area contributed by atoms with Gasteiger partial charge >= 0.3 is 5.97 Å². The average molecular weight is 312 g/mol. The highest BCUT2D eigenvalue weighted by Crippen LogP contribution is 2.19. The van der Waals surface area contributed by atoms with E-state index in [-0.39, 0.29) is 11.3 Å². The van der Waals surface area contributed by atoms with Crippen LogP contribution < -0.4 is 5.32 Å². The molecular formula is C16H12N2O5. The minimum atomic E-state index is -1.10. The summed E-state index contributed by atoms with van der Waals surface area (Å²) in [6, 6.07) is 11.8. The zero-order valence-corrected chi connectivity index (χ0v) is 11.8. The number of carbonyl (C=O) groups excluding carboxylic acids is 1. The molecule has 7 heteroatoms. The number of nitro benzene ring substituents is 1. The van der Waals surface area contributed by atoms with Crippen LogP contribution in [0.1, 0.15) is 15.9 Å². The van der Waals surface area contributed by atoms with Gasteiger partial charge in [-0.25, -0.2) is 4.79 Å². The maximum atomic E-state index is 11.8. The molecule has 0 radical (unpaired) electrons. The second-order valence-corrected chi connectivity index (χ2v) is 4.52. The highest BCUT2D eigenvalue weighted by Gasteiger charge is 2.10. The number of anilines is 1. The average Bonchev–Trinajstić information content (AvgIpc) is 2.53. The number of nitro groups is 1. The van der Waals surface area contributed by atoms with Crippen molar-refractivity contribution >= 4 is 29.3 Å². The first-order valence-corrected chi connectivity index (χ1v) is 6.53. The van der Waals surface area contributed by atoms with Gasteiger partial charge in [-0.3, -0.25) is 14.9 Å². The summed E-state index contributed by atoms with van der Waals surface area (Å²) in [5.74, 6) is -1.62. The van der Waals surface area contributed by atoms with E-state index in [2.05, 4.69) is 5.32 Å².